The zero-order valence-electron chi connectivity index (χ0n) is 16.3. The van der Waals surface area contributed by atoms with Crippen LogP contribution in [0.15, 0.2) is 18.2 Å². The van der Waals surface area contributed by atoms with E-state index in [1.165, 1.54) is 4.90 Å². The monoisotopic (exact) mass is 386 g/mol. The summed E-state index contributed by atoms with van der Waals surface area (Å²) in [6.07, 6.45) is 3.31. The number of amides is 3. The van der Waals surface area contributed by atoms with Crippen LogP contribution in [0.1, 0.15) is 43.2 Å². The molecule has 1 heterocycles. The van der Waals surface area contributed by atoms with Crippen molar-refractivity contribution in [1.29, 1.82) is 0 Å². The van der Waals surface area contributed by atoms with Crippen molar-refractivity contribution in [3.63, 3.8) is 0 Å². The van der Waals surface area contributed by atoms with Gasteiger partial charge in [0.25, 0.3) is 5.91 Å². The molecule has 1 aromatic carbocycles. The van der Waals surface area contributed by atoms with E-state index >= 15 is 0 Å². The highest BCUT2D eigenvalue weighted by Crippen LogP contribution is 2.37. The first kappa shape index (κ1) is 20.0. The molecule has 1 aliphatic heterocycles. The van der Waals surface area contributed by atoms with Crippen LogP contribution in [0.25, 0.3) is 0 Å². The first-order valence-electron chi connectivity index (χ1n) is 9.75. The van der Waals surface area contributed by atoms with Gasteiger partial charge in [0.1, 0.15) is 0 Å². The predicted molar refractivity (Wildman–Crippen MR) is 102 cm³/mol. The van der Waals surface area contributed by atoms with Gasteiger partial charge in [-0.1, -0.05) is 31.0 Å². The number of nitrogens with one attached hydrogen (secondary N) is 1. The van der Waals surface area contributed by atoms with E-state index in [4.69, 9.17) is 4.74 Å². The molecule has 1 aromatic rings. The SMILES string of the molecule is Cc1cccc(C)c1NC(=O)COC(=O)CCN1C(=O)[C@H]2CCCC[C@H]2C1=O. The van der Waals surface area contributed by atoms with Crippen molar-refractivity contribution in [3.8, 4) is 0 Å². The fourth-order valence-corrected chi connectivity index (χ4v) is 4.06. The van der Waals surface area contributed by atoms with Crippen molar-refractivity contribution in [2.45, 2.75) is 46.0 Å². The maximum atomic E-state index is 12.4. The summed E-state index contributed by atoms with van der Waals surface area (Å²) in [5, 5.41) is 2.74. The van der Waals surface area contributed by atoms with Gasteiger partial charge in [-0.05, 0) is 37.8 Å². The Hall–Kier alpha value is -2.70. The summed E-state index contributed by atoms with van der Waals surface area (Å²) in [4.78, 5) is 50.0. The standard InChI is InChI=1S/C21H26N2O5/c1-13-6-5-7-14(2)19(13)22-17(24)12-28-18(25)10-11-23-20(26)15-8-3-4-9-16(15)21(23)27/h5-7,15-16H,3-4,8-12H2,1-2H3,(H,22,24)/t15-,16+. The van der Waals surface area contributed by atoms with Crippen LogP contribution >= 0.6 is 0 Å². The van der Waals surface area contributed by atoms with E-state index in [9.17, 15) is 19.2 Å². The molecular formula is C21H26N2O5. The largest absolute Gasteiger partial charge is 0.456 e. The molecule has 150 valence electrons. The summed E-state index contributed by atoms with van der Waals surface area (Å²) < 4.78 is 5.00. The fraction of sp³-hybridized carbons (Fsp3) is 0.524. The number of ether oxygens (including phenoxy) is 1. The van der Waals surface area contributed by atoms with Gasteiger partial charge in [-0.15, -0.1) is 0 Å². The molecule has 0 bridgehead atoms. The summed E-state index contributed by atoms with van der Waals surface area (Å²) in [6.45, 7) is 3.38. The summed E-state index contributed by atoms with van der Waals surface area (Å²) in [5.74, 6) is -1.82. The number of esters is 1. The average molecular weight is 386 g/mol. The Kier molecular flexibility index (Phi) is 6.11. The van der Waals surface area contributed by atoms with Gasteiger partial charge in [0.2, 0.25) is 11.8 Å². The van der Waals surface area contributed by atoms with E-state index in [2.05, 4.69) is 5.32 Å². The summed E-state index contributed by atoms with van der Waals surface area (Å²) in [5.41, 5.74) is 2.55. The maximum Gasteiger partial charge on any atom is 0.308 e. The van der Waals surface area contributed by atoms with Crippen LogP contribution in [-0.2, 0) is 23.9 Å². The number of rotatable bonds is 6. The van der Waals surface area contributed by atoms with Crippen molar-refractivity contribution >= 4 is 29.4 Å². The highest BCUT2D eigenvalue weighted by molar-refractivity contribution is 6.05. The number of anilines is 1. The van der Waals surface area contributed by atoms with E-state index in [0.717, 1.165) is 36.8 Å². The molecule has 2 fully saturated rings. The summed E-state index contributed by atoms with van der Waals surface area (Å²) in [6, 6.07) is 5.67. The Morgan fingerprint density at radius 2 is 1.64 bits per heavy atom. The van der Waals surface area contributed by atoms with Crippen LogP contribution in [0, 0.1) is 25.7 Å². The second-order valence-corrected chi connectivity index (χ2v) is 7.55. The van der Waals surface area contributed by atoms with Crippen LogP contribution in [-0.4, -0.2) is 41.7 Å². The molecule has 2 atom stereocenters. The Bertz CT molecular complexity index is 760. The Balaban J connectivity index is 1.45. The van der Waals surface area contributed by atoms with Crippen molar-refractivity contribution in [1.82, 2.24) is 4.90 Å². The van der Waals surface area contributed by atoms with Gasteiger partial charge >= 0.3 is 5.97 Å². The lowest BCUT2D eigenvalue weighted by molar-refractivity contribution is -0.148. The molecule has 1 saturated carbocycles. The summed E-state index contributed by atoms with van der Waals surface area (Å²) in [7, 11) is 0. The highest BCUT2D eigenvalue weighted by Gasteiger charge is 2.47. The highest BCUT2D eigenvalue weighted by atomic mass is 16.5. The number of hydrogen-bond acceptors (Lipinski definition) is 5. The Morgan fingerprint density at radius 1 is 1.07 bits per heavy atom. The first-order chi connectivity index (χ1) is 13.4. The van der Waals surface area contributed by atoms with Crippen LogP contribution in [0.4, 0.5) is 5.69 Å². The minimum Gasteiger partial charge on any atom is -0.456 e. The number of carbonyl (C=O) groups is 4. The zero-order chi connectivity index (χ0) is 20.3. The number of imide groups is 1. The number of para-hydroxylation sites is 1. The molecule has 0 radical (unpaired) electrons. The van der Waals surface area contributed by atoms with E-state index in [-0.39, 0.29) is 36.6 Å². The third-order valence-corrected chi connectivity index (χ3v) is 5.58. The zero-order valence-corrected chi connectivity index (χ0v) is 16.3. The van der Waals surface area contributed by atoms with Gasteiger partial charge in [0.05, 0.1) is 18.3 Å². The fourth-order valence-electron chi connectivity index (χ4n) is 4.06. The molecule has 2 aliphatic rings. The van der Waals surface area contributed by atoms with E-state index in [1.54, 1.807) is 0 Å². The molecule has 28 heavy (non-hydrogen) atoms. The van der Waals surface area contributed by atoms with Crippen molar-refractivity contribution in [3.05, 3.63) is 29.3 Å². The number of fused-ring (bicyclic) bond motifs is 1. The maximum absolute atomic E-state index is 12.4. The Labute approximate surface area is 164 Å². The molecule has 0 unspecified atom stereocenters. The molecule has 3 rings (SSSR count). The van der Waals surface area contributed by atoms with E-state index < -0.39 is 18.5 Å². The number of aryl methyl sites for hydroxylation is 2. The smallest absolute Gasteiger partial charge is 0.308 e. The van der Waals surface area contributed by atoms with Gasteiger partial charge in [0, 0.05) is 12.2 Å². The van der Waals surface area contributed by atoms with Crippen LogP contribution in [0.2, 0.25) is 0 Å². The topological polar surface area (TPSA) is 92.8 Å². The van der Waals surface area contributed by atoms with Gasteiger partial charge in [-0.2, -0.15) is 0 Å². The van der Waals surface area contributed by atoms with E-state index in [0.29, 0.717) is 5.69 Å². The van der Waals surface area contributed by atoms with Crippen molar-refractivity contribution in [2.24, 2.45) is 11.8 Å². The number of benzene rings is 1. The molecule has 1 N–H and O–H groups in total. The minimum absolute atomic E-state index is 0.0159. The predicted octanol–water partition coefficient (Wildman–Crippen LogP) is 2.35. The van der Waals surface area contributed by atoms with Crippen molar-refractivity contribution < 1.29 is 23.9 Å². The van der Waals surface area contributed by atoms with Crippen LogP contribution in [0.3, 0.4) is 0 Å². The molecule has 7 heteroatoms. The van der Waals surface area contributed by atoms with Gasteiger partial charge in [0.15, 0.2) is 6.61 Å². The molecular weight excluding hydrogens is 360 g/mol. The number of nitrogens with zero attached hydrogens (tertiary/aromatic N) is 1. The molecule has 1 aliphatic carbocycles. The molecule has 3 amide bonds. The lowest BCUT2D eigenvalue weighted by atomic mass is 9.81. The molecule has 0 spiro atoms. The minimum atomic E-state index is -0.605. The normalized spacial score (nSPS) is 21.4. The number of carbonyl (C=O) groups excluding carboxylic acids is 4. The van der Waals surface area contributed by atoms with Crippen molar-refractivity contribution in [2.75, 3.05) is 18.5 Å². The second kappa shape index (κ2) is 8.54. The van der Waals surface area contributed by atoms with E-state index in [1.807, 2.05) is 32.0 Å². The first-order valence-corrected chi connectivity index (χ1v) is 9.75. The lowest BCUT2D eigenvalue weighted by Crippen LogP contribution is -2.33. The second-order valence-electron chi connectivity index (χ2n) is 7.55. The van der Waals surface area contributed by atoms with Gasteiger partial charge < -0.3 is 10.1 Å². The lowest BCUT2D eigenvalue weighted by Gasteiger charge is -2.19. The summed E-state index contributed by atoms with van der Waals surface area (Å²) >= 11 is 0. The van der Waals surface area contributed by atoms with Crippen LogP contribution < -0.4 is 5.32 Å². The average Bonchev–Trinajstić information content (AvgIpc) is 2.92. The van der Waals surface area contributed by atoms with Gasteiger partial charge in [-0.25, -0.2) is 0 Å². The molecule has 0 aromatic heterocycles. The van der Waals surface area contributed by atoms with Crippen LogP contribution in [0.5, 0.6) is 0 Å². The number of likely N-dealkylation sites (tertiary alicyclic amines) is 1. The third-order valence-electron chi connectivity index (χ3n) is 5.58. The number of hydrogen-bond donors (Lipinski definition) is 1. The molecule has 7 nitrogen and oxygen atoms in total. The third kappa shape index (κ3) is 4.24. The quantitative estimate of drug-likeness (QED) is 0.598. The Morgan fingerprint density at radius 3 is 2.21 bits per heavy atom. The van der Waals surface area contributed by atoms with Gasteiger partial charge in [-0.3, -0.25) is 24.1 Å². The molecule has 1 saturated heterocycles.